The lowest BCUT2D eigenvalue weighted by molar-refractivity contribution is -0.146. The summed E-state index contributed by atoms with van der Waals surface area (Å²) < 4.78 is 5.36. The third kappa shape index (κ3) is 4.79. The molecule has 0 radical (unpaired) electrons. The van der Waals surface area contributed by atoms with Gasteiger partial charge in [0.25, 0.3) is 0 Å². The maximum absolute atomic E-state index is 12.9. The van der Waals surface area contributed by atoms with E-state index in [4.69, 9.17) is 4.74 Å². The van der Waals surface area contributed by atoms with Crippen LogP contribution in [-0.4, -0.2) is 29.6 Å². The number of amides is 1. The summed E-state index contributed by atoms with van der Waals surface area (Å²) in [6, 6.07) is 7.76. The number of carboxylic acids is 1. The molecule has 1 aromatic heterocycles. The number of allylic oxidation sites excluding steroid dienone is 2. The normalized spacial score (nSPS) is 18.1. The molecule has 1 amide bonds. The number of anilines is 1. The lowest BCUT2D eigenvalue weighted by Gasteiger charge is -2.24. The second kappa shape index (κ2) is 9.71. The first-order valence-corrected chi connectivity index (χ1v) is 10.8. The summed E-state index contributed by atoms with van der Waals surface area (Å²) >= 11 is 1.24. The molecule has 0 saturated heterocycles. The van der Waals surface area contributed by atoms with Gasteiger partial charge in [0, 0.05) is 10.9 Å². The van der Waals surface area contributed by atoms with Crippen LogP contribution in [0.25, 0.3) is 11.1 Å². The van der Waals surface area contributed by atoms with Gasteiger partial charge < -0.3 is 15.2 Å². The molecule has 2 atom stereocenters. The van der Waals surface area contributed by atoms with E-state index in [0.717, 1.165) is 11.1 Å². The first-order valence-electron chi connectivity index (χ1n) is 9.96. The Balaban J connectivity index is 1.92. The molecule has 0 aliphatic heterocycles. The van der Waals surface area contributed by atoms with Gasteiger partial charge in [-0.25, -0.2) is 4.79 Å². The van der Waals surface area contributed by atoms with E-state index >= 15 is 0 Å². The highest BCUT2D eigenvalue weighted by Crippen LogP contribution is 2.37. The van der Waals surface area contributed by atoms with Crippen LogP contribution in [0.5, 0.6) is 0 Å². The summed E-state index contributed by atoms with van der Waals surface area (Å²) in [5, 5.41) is 14.5. The Morgan fingerprint density at radius 2 is 1.80 bits per heavy atom. The predicted molar refractivity (Wildman–Crippen MR) is 117 cm³/mol. The summed E-state index contributed by atoms with van der Waals surface area (Å²) in [4.78, 5) is 37.3. The summed E-state index contributed by atoms with van der Waals surface area (Å²) in [5.74, 6) is -3.34. The van der Waals surface area contributed by atoms with E-state index < -0.39 is 29.7 Å². The molecule has 2 aromatic rings. The van der Waals surface area contributed by atoms with Gasteiger partial charge in [-0.1, -0.05) is 48.9 Å². The minimum absolute atomic E-state index is 0.282. The second-order valence-electron chi connectivity index (χ2n) is 7.34. The maximum Gasteiger partial charge on any atom is 0.341 e. The zero-order chi connectivity index (χ0) is 21.7. The molecule has 7 heteroatoms. The molecule has 3 rings (SSSR count). The molecule has 30 heavy (non-hydrogen) atoms. The first kappa shape index (κ1) is 21.8. The topological polar surface area (TPSA) is 92.7 Å². The molecule has 2 N–H and O–H groups in total. The van der Waals surface area contributed by atoms with Crippen LogP contribution >= 0.6 is 11.3 Å². The fraction of sp³-hybridized carbons (Fsp3) is 0.348. The average Bonchev–Trinajstić information content (AvgIpc) is 3.16. The number of carbonyl (C=O) groups is 3. The van der Waals surface area contributed by atoms with Crippen LogP contribution in [0, 0.1) is 18.8 Å². The van der Waals surface area contributed by atoms with E-state index in [9.17, 15) is 19.5 Å². The van der Waals surface area contributed by atoms with Crippen LogP contribution in [0.15, 0.2) is 41.8 Å². The monoisotopic (exact) mass is 427 g/mol. The van der Waals surface area contributed by atoms with E-state index in [-0.39, 0.29) is 6.61 Å². The summed E-state index contributed by atoms with van der Waals surface area (Å²) in [5.41, 5.74) is 2.95. The number of aliphatic carboxylic acids is 1. The van der Waals surface area contributed by atoms with Crippen LogP contribution in [0.2, 0.25) is 0 Å². The van der Waals surface area contributed by atoms with Crippen molar-refractivity contribution in [3.8, 4) is 11.1 Å². The van der Waals surface area contributed by atoms with Gasteiger partial charge in [0.05, 0.1) is 18.4 Å². The quantitative estimate of drug-likeness (QED) is 0.484. The Labute approximate surface area is 179 Å². The number of carboxylic acid groups (broad SMARTS) is 1. The number of benzene rings is 1. The third-order valence-electron chi connectivity index (χ3n) is 5.12. The van der Waals surface area contributed by atoms with Crippen molar-refractivity contribution >= 4 is 34.2 Å². The molecule has 1 aliphatic carbocycles. The minimum Gasteiger partial charge on any atom is -0.481 e. The fourth-order valence-electron chi connectivity index (χ4n) is 3.45. The number of nitrogens with one attached hydrogen (secondary N) is 1. The number of ether oxygens (including phenoxy) is 1. The molecule has 1 aromatic carbocycles. The molecule has 158 valence electrons. The van der Waals surface area contributed by atoms with Gasteiger partial charge in [0.2, 0.25) is 5.91 Å². The number of thiophene rings is 1. The lowest BCUT2D eigenvalue weighted by atomic mass is 9.82. The highest BCUT2D eigenvalue weighted by molar-refractivity contribution is 7.15. The molecule has 0 bridgehead atoms. The number of rotatable bonds is 7. The van der Waals surface area contributed by atoms with Crippen LogP contribution < -0.4 is 5.32 Å². The molecule has 0 spiro atoms. The summed E-state index contributed by atoms with van der Waals surface area (Å²) in [6.45, 7) is 4.17. The van der Waals surface area contributed by atoms with Crippen molar-refractivity contribution in [3.05, 3.63) is 52.9 Å². The molecule has 1 aliphatic rings. The minimum atomic E-state index is -0.992. The molecule has 0 fully saturated rings. The van der Waals surface area contributed by atoms with E-state index in [1.165, 1.54) is 11.3 Å². The standard InChI is InChI=1S/C23H25NO5S/c1-3-12-29-23(28)19-18(15-10-8-14(2)9-11-15)13-30-21(19)24-20(25)16-6-4-5-7-17(16)22(26)27/h4-5,8-11,13,16-17H,3,6-7,12H2,1-2H3,(H,24,25)(H,26,27)/t16-,17+/m1/s1. The Bertz CT molecular complexity index is 960. The Morgan fingerprint density at radius 1 is 1.13 bits per heavy atom. The van der Waals surface area contributed by atoms with Crippen molar-refractivity contribution in [2.75, 3.05) is 11.9 Å². The number of hydrogen-bond acceptors (Lipinski definition) is 5. The zero-order valence-electron chi connectivity index (χ0n) is 17.0. The van der Waals surface area contributed by atoms with Crippen LogP contribution in [0.3, 0.4) is 0 Å². The molecule has 1 heterocycles. The molecule has 6 nitrogen and oxygen atoms in total. The molecule has 0 saturated carbocycles. The third-order valence-corrected chi connectivity index (χ3v) is 6.01. The average molecular weight is 428 g/mol. The molecular weight excluding hydrogens is 402 g/mol. The van der Waals surface area contributed by atoms with Crippen LogP contribution in [-0.2, 0) is 14.3 Å². The van der Waals surface area contributed by atoms with Crippen molar-refractivity contribution in [2.45, 2.75) is 33.1 Å². The largest absolute Gasteiger partial charge is 0.481 e. The van der Waals surface area contributed by atoms with E-state index in [1.807, 2.05) is 49.6 Å². The second-order valence-corrected chi connectivity index (χ2v) is 8.22. The van der Waals surface area contributed by atoms with Gasteiger partial charge in [0.15, 0.2) is 0 Å². The van der Waals surface area contributed by atoms with Gasteiger partial charge in [0.1, 0.15) is 10.6 Å². The van der Waals surface area contributed by atoms with E-state index in [1.54, 1.807) is 6.08 Å². The summed E-state index contributed by atoms with van der Waals surface area (Å²) in [6.07, 6.45) is 4.97. The SMILES string of the molecule is CCCOC(=O)c1c(-c2ccc(C)cc2)csc1NC(=O)[C@@H]1CC=CC[C@@H]1C(=O)O. The Kier molecular flexibility index (Phi) is 7.05. The summed E-state index contributed by atoms with van der Waals surface area (Å²) in [7, 11) is 0. The first-order chi connectivity index (χ1) is 14.4. The fourth-order valence-corrected chi connectivity index (χ4v) is 4.41. The van der Waals surface area contributed by atoms with Gasteiger partial charge >= 0.3 is 11.9 Å². The Morgan fingerprint density at radius 3 is 2.43 bits per heavy atom. The van der Waals surface area contributed by atoms with Gasteiger partial charge in [-0.3, -0.25) is 9.59 Å². The zero-order valence-corrected chi connectivity index (χ0v) is 17.8. The Hall–Kier alpha value is -2.93. The van der Waals surface area contributed by atoms with Crippen LogP contribution in [0.1, 0.15) is 42.1 Å². The van der Waals surface area contributed by atoms with Crippen LogP contribution in [0.4, 0.5) is 5.00 Å². The van der Waals surface area contributed by atoms with Gasteiger partial charge in [-0.15, -0.1) is 11.3 Å². The highest BCUT2D eigenvalue weighted by Gasteiger charge is 2.35. The van der Waals surface area contributed by atoms with Gasteiger partial charge in [-0.05, 0) is 31.7 Å². The number of carbonyl (C=O) groups excluding carboxylic acids is 2. The lowest BCUT2D eigenvalue weighted by Crippen LogP contribution is -2.34. The van der Waals surface area contributed by atoms with Crippen molar-refractivity contribution in [1.29, 1.82) is 0 Å². The highest BCUT2D eigenvalue weighted by atomic mass is 32.1. The van der Waals surface area contributed by atoms with Gasteiger partial charge in [-0.2, -0.15) is 0 Å². The maximum atomic E-state index is 12.9. The van der Waals surface area contributed by atoms with Crippen molar-refractivity contribution < 1.29 is 24.2 Å². The smallest absolute Gasteiger partial charge is 0.341 e. The van der Waals surface area contributed by atoms with Crippen molar-refractivity contribution in [2.24, 2.45) is 11.8 Å². The van der Waals surface area contributed by atoms with E-state index in [2.05, 4.69) is 5.32 Å². The number of hydrogen-bond donors (Lipinski definition) is 2. The predicted octanol–water partition coefficient (Wildman–Crippen LogP) is 4.90. The molecule has 0 unspecified atom stereocenters. The number of aryl methyl sites for hydroxylation is 1. The van der Waals surface area contributed by atoms with Crippen molar-refractivity contribution in [3.63, 3.8) is 0 Å². The molecular formula is C23H25NO5S. The van der Waals surface area contributed by atoms with Crippen molar-refractivity contribution in [1.82, 2.24) is 0 Å². The number of esters is 1. The van der Waals surface area contributed by atoms with E-state index in [0.29, 0.717) is 35.4 Å².